The van der Waals surface area contributed by atoms with Gasteiger partial charge in [0, 0.05) is 12.1 Å². The number of methoxy groups -OCH3 is 2. The van der Waals surface area contributed by atoms with Gasteiger partial charge in [0.25, 0.3) is 0 Å². The van der Waals surface area contributed by atoms with Crippen molar-refractivity contribution in [3.8, 4) is 11.5 Å². The predicted molar refractivity (Wildman–Crippen MR) is 75.4 cm³/mol. The molecule has 0 bridgehead atoms. The lowest BCUT2D eigenvalue weighted by Gasteiger charge is -2.17. The molecule has 0 saturated carbocycles. The van der Waals surface area contributed by atoms with Crippen molar-refractivity contribution in [2.75, 3.05) is 19.5 Å². The van der Waals surface area contributed by atoms with Crippen molar-refractivity contribution in [1.82, 2.24) is 5.32 Å². The number of anilines is 1. The summed E-state index contributed by atoms with van der Waals surface area (Å²) >= 11 is 5.97. The van der Waals surface area contributed by atoms with Gasteiger partial charge in [-0.1, -0.05) is 11.6 Å². The quantitative estimate of drug-likeness (QED) is 0.762. The van der Waals surface area contributed by atoms with Crippen molar-refractivity contribution < 1.29 is 19.1 Å². The molecule has 1 unspecified atom stereocenters. The summed E-state index contributed by atoms with van der Waals surface area (Å²) in [7, 11) is 2.94. The topological polar surface area (TPSA) is 103 Å². The number of nitrogens with one attached hydrogen (secondary N) is 2. The molecule has 0 aromatic heterocycles. The van der Waals surface area contributed by atoms with Crippen LogP contribution in [0, 0.1) is 0 Å². The van der Waals surface area contributed by atoms with E-state index in [2.05, 4.69) is 5.32 Å². The Morgan fingerprint density at radius 3 is 2.35 bits per heavy atom. The van der Waals surface area contributed by atoms with Gasteiger partial charge in [0.15, 0.2) is 0 Å². The number of rotatable bonds is 5. The van der Waals surface area contributed by atoms with E-state index in [1.165, 1.54) is 14.2 Å². The van der Waals surface area contributed by atoms with Crippen LogP contribution in [0.25, 0.3) is 0 Å². The van der Waals surface area contributed by atoms with Crippen LogP contribution < -0.4 is 25.8 Å². The summed E-state index contributed by atoms with van der Waals surface area (Å²) < 4.78 is 10.3. The Hall–Kier alpha value is -2.15. The molecule has 3 amide bonds. The Morgan fingerprint density at radius 1 is 1.25 bits per heavy atom. The largest absolute Gasteiger partial charge is 0.495 e. The van der Waals surface area contributed by atoms with Crippen molar-refractivity contribution in [2.45, 2.75) is 13.0 Å². The number of halogens is 1. The van der Waals surface area contributed by atoms with Gasteiger partial charge in [-0.2, -0.15) is 0 Å². The van der Waals surface area contributed by atoms with E-state index in [4.69, 9.17) is 26.8 Å². The van der Waals surface area contributed by atoms with Gasteiger partial charge in [0.05, 0.1) is 24.9 Å². The highest BCUT2D eigenvalue weighted by atomic mass is 35.5. The summed E-state index contributed by atoms with van der Waals surface area (Å²) in [5.74, 6) is 0.306. The number of hydrogen-bond donors (Lipinski definition) is 3. The fourth-order valence-corrected chi connectivity index (χ4v) is 1.73. The molecule has 0 saturated heterocycles. The van der Waals surface area contributed by atoms with Crippen LogP contribution in [0.3, 0.4) is 0 Å². The Balaban J connectivity index is 2.95. The van der Waals surface area contributed by atoms with Crippen LogP contribution in [0.15, 0.2) is 12.1 Å². The molecule has 1 aromatic rings. The minimum atomic E-state index is -0.913. The number of hydrogen-bond acceptors (Lipinski definition) is 5. The van der Waals surface area contributed by atoms with E-state index in [-0.39, 0.29) is 0 Å². The van der Waals surface area contributed by atoms with E-state index >= 15 is 0 Å². The van der Waals surface area contributed by atoms with E-state index < -0.39 is 18.0 Å². The summed E-state index contributed by atoms with van der Waals surface area (Å²) in [6.45, 7) is 1.57. The van der Waals surface area contributed by atoms with E-state index in [0.717, 1.165) is 0 Å². The Kier molecular flexibility index (Phi) is 5.45. The molecule has 20 heavy (non-hydrogen) atoms. The lowest BCUT2D eigenvalue weighted by atomic mass is 10.2. The van der Waals surface area contributed by atoms with Crippen LogP contribution in [-0.2, 0) is 4.79 Å². The average Bonchev–Trinajstić information content (AvgIpc) is 2.39. The average molecular weight is 302 g/mol. The van der Waals surface area contributed by atoms with Crippen LogP contribution >= 0.6 is 11.6 Å². The fourth-order valence-electron chi connectivity index (χ4n) is 1.50. The maximum absolute atomic E-state index is 11.6. The Bertz CT molecular complexity index is 522. The molecule has 8 heteroatoms. The molecule has 0 heterocycles. The van der Waals surface area contributed by atoms with Crippen LogP contribution in [0.2, 0.25) is 5.02 Å². The van der Waals surface area contributed by atoms with Gasteiger partial charge in [0.2, 0.25) is 5.91 Å². The molecule has 0 aliphatic carbocycles. The third-order valence-electron chi connectivity index (χ3n) is 2.49. The van der Waals surface area contributed by atoms with Crippen molar-refractivity contribution in [3.63, 3.8) is 0 Å². The van der Waals surface area contributed by atoms with Crippen molar-refractivity contribution in [2.24, 2.45) is 5.73 Å². The van der Waals surface area contributed by atoms with Crippen molar-refractivity contribution >= 4 is 29.2 Å². The van der Waals surface area contributed by atoms with Crippen LogP contribution in [0.4, 0.5) is 10.5 Å². The number of imide groups is 1. The van der Waals surface area contributed by atoms with Gasteiger partial charge in [-0.25, -0.2) is 4.79 Å². The van der Waals surface area contributed by atoms with E-state index in [1.807, 2.05) is 5.32 Å². The number of amides is 3. The molecule has 0 aliphatic rings. The molecule has 0 radical (unpaired) electrons. The molecule has 1 atom stereocenters. The summed E-state index contributed by atoms with van der Waals surface area (Å²) in [5.41, 5.74) is 5.39. The van der Waals surface area contributed by atoms with Gasteiger partial charge >= 0.3 is 6.03 Å². The molecule has 110 valence electrons. The molecular formula is C12H16ClN3O4. The molecule has 0 fully saturated rings. The van der Waals surface area contributed by atoms with Crippen molar-refractivity contribution in [3.05, 3.63) is 17.2 Å². The number of carbonyl (C=O) groups excluding carboxylic acids is 2. The zero-order valence-electron chi connectivity index (χ0n) is 11.3. The van der Waals surface area contributed by atoms with Crippen molar-refractivity contribution in [1.29, 1.82) is 0 Å². The zero-order valence-corrected chi connectivity index (χ0v) is 12.1. The molecule has 7 nitrogen and oxygen atoms in total. The highest BCUT2D eigenvalue weighted by Gasteiger charge is 2.17. The first-order valence-electron chi connectivity index (χ1n) is 5.67. The lowest BCUT2D eigenvalue weighted by Crippen LogP contribution is -2.43. The SMILES string of the molecule is COc1cc(NC(C)C(=O)NC(N)=O)c(OC)cc1Cl. The standard InChI is InChI=1S/C12H16ClN3O4/c1-6(11(17)16-12(14)18)15-8-5-9(19-2)7(13)4-10(8)20-3/h4-6,15H,1-3H3,(H3,14,16,17,18). The monoisotopic (exact) mass is 301 g/mol. The highest BCUT2D eigenvalue weighted by molar-refractivity contribution is 6.32. The number of carbonyl (C=O) groups is 2. The van der Waals surface area contributed by atoms with Gasteiger partial charge in [-0.05, 0) is 6.92 Å². The third kappa shape index (κ3) is 3.92. The number of benzene rings is 1. The van der Waals surface area contributed by atoms with E-state index in [1.54, 1.807) is 19.1 Å². The van der Waals surface area contributed by atoms with E-state index in [0.29, 0.717) is 22.2 Å². The molecule has 1 rings (SSSR count). The number of ether oxygens (including phenoxy) is 2. The minimum absolute atomic E-state index is 0.379. The molecule has 1 aromatic carbocycles. The first-order chi connectivity index (χ1) is 9.38. The molecule has 0 spiro atoms. The summed E-state index contributed by atoms with van der Waals surface area (Å²) in [6.07, 6.45) is 0. The van der Waals surface area contributed by atoms with Gasteiger partial charge in [0.1, 0.15) is 17.5 Å². The third-order valence-corrected chi connectivity index (χ3v) is 2.78. The van der Waals surface area contributed by atoms with Crippen LogP contribution in [0.5, 0.6) is 11.5 Å². The maximum Gasteiger partial charge on any atom is 0.318 e. The highest BCUT2D eigenvalue weighted by Crippen LogP contribution is 2.36. The minimum Gasteiger partial charge on any atom is -0.495 e. The first kappa shape index (κ1) is 15.9. The van der Waals surface area contributed by atoms with Gasteiger partial charge < -0.3 is 20.5 Å². The van der Waals surface area contributed by atoms with E-state index in [9.17, 15) is 9.59 Å². The molecular weight excluding hydrogens is 286 g/mol. The second kappa shape index (κ2) is 6.85. The normalized spacial score (nSPS) is 11.4. The predicted octanol–water partition coefficient (Wildman–Crippen LogP) is 1.35. The first-order valence-corrected chi connectivity index (χ1v) is 6.05. The zero-order chi connectivity index (χ0) is 15.3. The van der Waals surface area contributed by atoms with Crippen LogP contribution in [-0.4, -0.2) is 32.2 Å². The Morgan fingerprint density at radius 2 is 1.85 bits per heavy atom. The number of nitrogens with two attached hydrogens (primary N) is 1. The maximum atomic E-state index is 11.6. The lowest BCUT2D eigenvalue weighted by molar-refractivity contribution is -0.120. The summed E-state index contributed by atoms with van der Waals surface area (Å²) in [6, 6.07) is 1.53. The molecule has 0 aliphatic heterocycles. The molecule has 4 N–H and O–H groups in total. The van der Waals surface area contributed by atoms with Gasteiger partial charge in [-0.15, -0.1) is 0 Å². The summed E-state index contributed by atoms with van der Waals surface area (Å²) in [5, 5.41) is 5.24. The van der Waals surface area contributed by atoms with Gasteiger partial charge in [-0.3, -0.25) is 10.1 Å². The van der Waals surface area contributed by atoms with Crippen LogP contribution in [0.1, 0.15) is 6.92 Å². The fraction of sp³-hybridized carbons (Fsp3) is 0.333. The second-order valence-electron chi connectivity index (χ2n) is 3.91. The number of urea groups is 1. The smallest absolute Gasteiger partial charge is 0.318 e. The second-order valence-corrected chi connectivity index (χ2v) is 4.31. The summed E-state index contributed by atoms with van der Waals surface area (Å²) in [4.78, 5) is 22.2. The Labute approximate surface area is 121 Å². The number of primary amides is 1.